The molecular weight excluding hydrogens is 535 g/mol. The molecule has 3 fully saturated rings. The van der Waals surface area contributed by atoms with Crippen molar-refractivity contribution < 1.29 is 41.9 Å². The molecule has 0 bridgehead atoms. The zero-order valence-electron chi connectivity index (χ0n) is 24.0. The van der Waals surface area contributed by atoms with E-state index in [9.17, 15) is 37.1 Å². The SMILES string of the molecule is CC[C@@H](C)[C@H](NC(=O)C(F)(F)F)C(=O)N1C[C@H]2[C@@H]([C@H]1C(=O)NN(C[C@@H]1CCNC1=O)C(=O)OC(C)(C)C)C2(C)C. The van der Waals surface area contributed by atoms with Gasteiger partial charge in [0.05, 0.1) is 12.5 Å². The summed E-state index contributed by atoms with van der Waals surface area (Å²) in [6.07, 6.45) is -5.33. The Balaban J connectivity index is 1.87. The lowest BCUT2D eigenvalue weighted by molar-refractivity contribution is -0.175. The lowest BCUT2D eigenvalue weighted by atomic mass is 9.95. The highest BCUT2D eigenvalue weighted by molar-refractivity contribution is 5.95. The summed E-state index contributed by atoms with van der Waals surface area (Å²) in [5.74, 6) is -5.68. The van der Waals surface area contributed by atoms with E-state index in [2.05, 4.69) is 10.7 Å². The number of likely N-dealkylation sites (tertiary alicyclic amines) is 1. The average molecular weight is 576 g/mol. The van der Waals surface area contributed by atoms with Crippen molar-refractivity contribution in [3.05, 3.63) is 0 Å². The molecule has 11 nitrogen and oxygen atoms in total. The molecule has 0 spiro atoms. The zero-order valence-corrected chi connectivity index (χ0v) is 24.0. The molecule has 5 amide bonds. The topological polar surface area (TPSA) is 137 Å². The molecule has 2 saturated heterocycles. The molecule has 226 valence electrons. The Labute approximate surface area is 231 Å². The van der Waals surface area contributed by atoms with E-state index < -0.39 is 59.5 Å². The highest BCUT2D eigenvalue weighted by atomic mass is 19.4. The van der Waals surface area contributed by atoms with E-state index in [-0.39, 0.29) is 36.2 Å². The first kappa shape index (κ1) is 31.5. The number of hydrogen-bond acceptors (Lipinski definition) is 6. The zero-order chi connectivity index (χ0) is 30.4. The van der Waals surface area contributed by atoms with Crippen LogP contribution in [0.3, 0.4) is 0 Å². The molecule has 14 heteroatoms. The fourth-order valence-electron chi connectivity index (χ4n) is 5.62. The summed E-state index contributed by atoms with van der Waals surface area (Å²) in [5, 5.41) is 5.41. The van der Waals surface area contributed by atoms with Gasteiger partial charge in [0, 0.05) is 13.1 Å². The van der Waals surface area contributed by atoms with Gasteiger partial charge >= 0.3 is 18.2 Å². The van der Waals surface area contributed by atoms with Crippen molar-refractivity contribution >= 4 is 29.7 Å². The van der Waals surface area contributed by atoms with Crippen LogP contribution in [-0.4, -0.2) is 83.1 Å². The van der Waals surface area contributed by atoms with Crippen LogP contribution in [0, 0.1) is 29.1 Å². The van der Waals surface area contributed by atoms with Gasteiger partial charge in [0.25, 0.3) is 5.91 Å². The quantitative estimate of drug-likeness (QED) is 0.397. The van der Waals surface area contributed by atoms with Crippen molar-refractivity contribution in [3.8, 4) is 0 Å². The predicted molar refractivity (Wildman–Crippen MR) is 136 cm³/mol. The van der Waals surface area contributed by atoms with Crippen molar-refractivity contribution in [2.45, 2.75) is 85.2 Å². The van der Waals surface area contributed by atoms with E-state index in [0.29, 0.717) is 19.4 Å². The molecule has 2 heterocycles. The van der Waals surface area contributed by atoms with E-state index in [1.54, 1.807) is 34.6 Å². The summed E-state index contributed by atoms with van der Waals surface area (Å²) in [5.41, 5.74) is 1.30. The molecule has 3 aliphatic rings. The van der Waals surface area contributed by atoms with Crippen molar-refractivity contribution in [2.75, 3.05) is 19.6 Å². The Morgan fingerprint density at radius 1 is 1.20 bits per heavy atom. The Hall–Kier alpha value is -3.06. The smallest absolute Gasteiger partial charge is 0.442 e. The number of alkyl halides is 3. The molecule has 0 aromatic heterocycles. The van der Waals surface area contributed by atoms with Gasteiger partial charge in [0.1, 0.15) is 17.7 Å². The van der Waals surface area contributed by atoms with E-state index in [1.807, 2.05) is 19.2 Å². The van der Waals surface area contributed by atoms with Gasteiger partial charge in [0.2, 0.25) is 11.8 Å². The van der Waals surface area contributed by atoms with Gasteiger partial charge in [-0.2, -0.15) is 13.2 Å². The van der Waals surface area contributed by atoms with E-state index in [0.717, 1.165) is 5.01 Å². The van der Waals surface area contributed by atoms with Crippen molar-refractivity contribution in [1.29, 1.82) is 0 Å². The Kier molecular flexibility index (Phi) is 8.71. The Morgan fingerprint density at radius 3 is 2.33 bits per heavy atom. The summed E-state index contributed by atoms with van der Waals surface area (Å²) in [6, 6.07) is -2.61. The summed E-state index contributed by atoms with van der Waals surface area (Å²) in [7, 11) is 0. The second-order valence-electron chi connectivity index (χ2n) is 12.6. The van der Waals surface area contributed by atoms with Gasteiger partial charge in [-0.15, -0.1) is 0 Å². The summed E-state index contributed by atoms with van der Waals surface area (Å²) < 4.78 is 44.6. The number of halogens is 3. The second-order valence-corrected chi connectivity index (χ2v) is 12.6. The normalized spacial score (nSPS) is 26.8. The number of hydrazine groups is 1. The minimum Gasteiger partial charge on any atom is -0.442 e. The summed E-state index contributed by atoms with van der Waals surface area (Å²) in [4.78, 5) is 65.6. The largest absolute Gasteiger partial charge is 0.471 e. The number of fused-ring (bicyclic) bond motifs is 1. The van der Waals surface area contributed by atoms with Gasteiger partial charge < -0.3 is 20.3 Å². The minimum absolute atomic E-state index is 0.0984. The van der Waals surface area contributed by atoms with Crippen LogP contribution in [0.25, 0.3) is 0 Å². The maximum atomic E-state index is 13.7. The molecule has 0 radical (unpaired) electrons. The fraction of sp³-hybridized carbons (Fsp3) is 0.808. The maximum Gasteiger partial charge on any atom is 0.471 e. The van der Waals surface area contributed by atoms with Crippen LogP contribution in [0.2, 0.25) is 0 Å². The molecule has 1 saturated carbocycles. The van der Waals surface area contributed by atoms with Gasteiger partial charge in [-0.25, -0.2) is 9.80 Å². The first-order chi connectivity index (χ1) is 18.3. The number of nitrogens with one attached hydrogen (secondary N) is 3. The molecule has 0 aromatic carbocycles. The number of nitrogens with zero attached hydrogens (tertiary/aromatic N) is 2. The fourth-order valence-corrected chi connectivity index (χ4v) is 5.62. The molecule has 0 unspecified atom stereocenters. The van der Waals surface area contributed by atoms with Crippen LogP contribution in [0.15, 0.2) is 0 Å². The van der Waals surface area contributed by atoms with E-state index in [1.165, 1.54) is 4.90 Å². The summed E-state index contributed by atoms with van der Waals surface area (Å²) >= 11 is 0. The lowest BCUT2D eigenvalue weighted by Crippen LogP contribution is -2.61. The molecule has 40 heavy (non-hydrogen) atoms. The minimum atomic E-state index is -5.18. The predicted octanol–water partition coefficient (Wildman–Crippen LogP) is 1.97. The molecule has 6 atom stereocenters. The monoisotopic (exact) mass is 575 g/mol. The van der Waals surface area contributed by atoms with E-state index in [4.69, 9.17) is 4.74 Å². The van der Waals surface area contributed by atoms with E-state index >= 15 is 0 Å². The lowest BCUT2D eigenvalue weighted by Gasteiger charge is -2.36. The highest BCUT2D eigenvalue weighted by Gasteiger charge is 2.70. The van der Waals surface area contributed by atoms with Gasteiger partial charge in [-0.05, 0) is 50.4 Å². The molecular formula is C26H40F3N5O6. The Morgan fingerprint density at radius 2 is 1.82 bits per heavy atom. The number of rotatable bonds is 7. The number of hydrogen-bond donors (Lipinski definition) is 3. The van der Waals surface area contributed by atoms with Crippen LogP contribution in [0.5, 0.6) is 0 Å². The number of amides is 5. The number of ether oxygens (including phenoxy) is 1. The molecule has 1 aliphatic carbocycles. The van der Waals surface area contributed by atoms with Crippen molar-refractivity contribution in [1.82, 2.24) is 26.0 Å². The molecule has 3 N–H and O–H groups in total. The molecule has 3 rings (SSSR count). The number of piperidine rings is 1. The van der Waals surface area contributed by atoms with Gasteiger partial charge in [-0.1, -0.05) is 34.1 Å². The number of carbonyl (C=O) groups excluding carboxylic acids is 5. The number of carbonyl (C=O) groups is 5. The molecule has 0 aromatic rings. The Bertz CT molecular complexity index is 1040. The van der Waals surface area contributed by atoms with Crippen molar-refractivity contribution in [3.63, 3.8) is 0 Å². The second kappa shape index (κ2) is 11.1. The summed E-state index contributed by atoms with van der Waals surface area (Å²) in [6.45, 7) is 12.4. The van der Waals surface area contributed by atoms with Crippen LogP contribution in [0.1, 0.15) is 61.3 Å². The first-order valence-corrected chi connectivity index (χ1v) is 13.6. The maximum absolute atomic E-state index is 13.7. The van der Waals surface area contributed by atoms with Crippen molar-refractivity contribution in [2.24, 2.45) is 29.1 Å². The first-order valence-electron chi connectivity index (χ1n) is 13.6. The third-order valence-corrected chi connectivity index (χ3v) is 8.21. The standard InChI is InChI=1S/C26H40F3N5O6/c1-8-13(2)17(31-22(38)26(27,28)29)21(37)33-12-15-16(25(15,6)7)18(33)20(36)32-34(23(39)40-24(3,4)5)11-14-9-10-30-19(14)35/h13-18H,8-12H2,1-7H3,(H,30,35)(H,31,38)(H,32,36)/t13-,14+,15+,16+,17+,18+/m1/s1. The van der Waals surface area contributed by atoms with Crippen LogP contribution in [0.4, 0.5) is 18.0 Å². The van der Waals surface area contributed by atoms with Gasteiger partial charge in [-0.3, -0.25) is 24.6 Å². The third kappa shape index (κ3) is 6.63. The third-order valence-electron chi connectivity index (χ3n) is 8.21. The van der Waals surface area contributed by atoms with Gasteiger partial charge in [0.15, 0.2) is 0 Å². The van der Waals surface area contributed by atoms with Crippen LogP contribution >= 0.6 is 0 Å². The van der Waals surface area contributed by atoms with Crippen LogP contribution < -0.4 is 16.1 Å². The average Bonchev–Trinajstić information content (AvgIpc) is 3.18. The highest BCUT2D eigenvalue weighted by Crippen LogP contribution is 2.65. The molecule has 2 aliphatic heterocycles. The van der Waals surface area contributed by atoms with Crippen LogP contribution in [-0.2, 0) is 23.9 Å².